The smallest absolute Gasteiger partial charge is 0.264 e. The van der Waals surface area contributed by atoms with Crippen LogP contribution < -0.4 is 9.62 Å². The van der Waals surface area contributed by atoms with Gasteiger partial charge in [-0.1, -0.05) is 48.9 Å². The van der Waals surface area contributed by atoms with Crippen LogP contribution in [-0.4, -0.2) is 43.8 Å². The first-order chi connectivity index (χ1) is 18.8. The fourth-order valence-electron chi connectivity index (χ4n) is 4.16. The van der Waals surface area contributed by atoms with E-state index in [-0.39, 0.29) is 23.4 Å². The van der Waals surface area contributed by atoms with Gasteiger partial charge in [-0.2, -0.15) is 0 Å². The molecule has 0 saturated heterocycles. The van der Waals surface area contributed by atoms with Gasteiger partial charge in [0.2, 0.25) is 11.8 Å². The number of sulfonamides is 1. The third-order valence-corrected chi connectivity index (χ3v) is 9.27. The molecule has 0 unspecified atom stereocenters. The number of hydrogen-bond acceptors (Lipinski definition) is 4. The molecule has 214 valence electrons. The number of carbonyl (C=O) groups is 2. The molecule has 1 N–H and O–H groups in total. The topological polar surface area (TPSA) is 86.8 Å². The molecule has 0 fully saturated rings. The summed E-state index contributed by atoms with van der Waals surface area (Å²) in [4.78, 5) is 28.7. The minimum Gasteiger partial charge on any atom is -0.352 e. The molecule has 2 amide bonds. The molecule has 0 aliphatic heterocycles. The molecule has 3 aromatic carbocycles. The fraction of sp³-hybridized carbons (Fsp3) is 0.355. The van der Waals surface area contributed by atoms with E-state index in [1.54, 1.807) is 19.1 Å². The Hall–Kier alpha value is -3.36. The molecule has 3 aromatic rings. The normalized spacial score (nSPS) is 12.9. The summed E-state index contributed by atoms with van der Waals surface area (Å²) in [7, 11) is -4.15. The summed E-state index contributed by atoms with van der Waals surface area (Å²) in [5.41, 5.74) is 4.08. The van der Waals surface area contributed by atoms with Gasteiger partial charge in [-0.05, 0) is 99.7 Å². The maximum Gasteiger partial charge on any atom is 0.264 e. The van der Waals surface area contributed by atoms with E-state index in [1.165, 1.54) is 29.2 Å². The maximum absolute atomic E-state index is 14.0. The lowest BCUT2D eigenvalue weighted by atomic mass is 10.1. The van der Waals surface area contributed by atoms with Crippen molar-refractivity contribution < 1.29 is 18.0 Å². The highest BCUT2D eigenvalue weighted by Crippen LogP contribution is 2.27. The first-order valence-electron chi connectivity index (χ1n) is 13.3. The van der Waals surface area contributed by atoms with Crippen molar-refractivity contribution in [1.29, 1.82) is 0 Å². The average molecular weight is 584 g/mol. The van der Waals surface area contributed by atoms with Gasteiger partial charge in [-0.3, -0.25) is 13.9 Å². The van der Waals surface area contributed by atoms with Gasteiger partial charge < -0.3 is 10.2 Å². The first-order valence-corrected chi connectivity index (χ1v) is 15.2. The molecule has 7 nitrogen and oxygen atoms in total. The van der Waals surface area contributed by atoms with E-state index >= 15 is 0 Å². The molecular weight excluding hydrogens is 546 g/mol. The van der Waals surface area contributed by atoms with Crippen molar-refractivity contribution in [3.63, 3.8) is 0 Å². The summed E-state index contributed by atoms with van der Waals surface area (Å²) in [6.07, 6.45) is 0.740. The molecule has 0 saturated carbocycles. The molecule has 0 bridgehead atoms. The zero-order valence-electron chi connectivity index (χ0n) is 23.9. The number of anilines is 1. The van der Waals surface area contributed by atoms with Gasteiger partial charge in [0.25, 0.3) is 10.0 Å². The molecule has 0 aromatic heterocycles. The molecule has 0 heterocycles. The highest BCUT2D eigenvalue weighted by atomic mass is 35.5. The largest absolute Gasteiger partial charge is 0.352 e. The van der Waals surface area contributed by atoms with Crippen molar-refractivity contribution >= 4 is 39.1 Å². The van der Waals surface area contributed by atoms with Crippen LogP contribution in [0.5, 0.6) is 0 Å². The van der Waals surface area contributed by atoms with Crippen LogP contribution in [0.15, 0.2) is 71.6 Å². The van der Waals surface area contributed by atoms with Crippen molar-refractivity contribution in [3.8, 4) is 0 Å². The second-order valence-corrected chi connectivity index (χ2v) is 12.5. The highest BCUT2D eigenvalue weighted by Gasteiger charge is 2.33. The third kappa shape index (κ3) is 7.43. The van der Waals surface area contributed by atoms with E-state index in [0.717, 1.165) is 33.0 Å². The number of benzene rings is 3. The Labute approximate surface area is 243 Å². The van der Waals surface area contributed by atoms with Crippen LogP contribution in [0.25, 0.3) is 0 Å². The summed E-state index contributed by atoms with van der Waals surface area (Å²) >= 11 is 6.02. The molecule has 0 aliphatic carbocycles. The Bertz CT molecular complexity index is 1460. The number of halogens is 1. The number of carbonyl (C=O) groups excluding carboxylic acids is 2. The van der Waals surface area contributed by atoms with Crippen LogP contribution in [0.1, 0.15) is 49.4 Å². The number of aryl methyl sites for hydroxylation is 3. The molecule has 3 rings (SSSR count). The summed E-state index contributed by atoms with van der Waals surface area (Å²) in [6.45, 7) is 11.0. The number of nitrogens with zero attached hydrogens (tertiary/aromatic N) is 2. The zero-order chi connectivity index (χ0) is 29.6. The fourth-order valence-corrected chi connectivity index (χ4v) is 5.69. The van der Waals surface area contributed by atoms with E-state index in [9.17, 15) is 18.0 Å². The number of rotatable bonds is 11. The summed E-state index contributed by atoms with van der Waals surface area (Å²) in [5, 5.41) is 3.35. The molecule has 0 radical (unpaired) electrons. The van der Waals surface area contributed by atoms with Gasteiger partial charge in [-0.15, -0.1) is 0 Å². The van der Waals surface area contributed by atoms with Gasteiger partial charge in [0.1, 0.15) is 12.6 Å². The van der Waals surface area contributed by atoms with Gasteiger partial charge in [0.15, 0.2) is 0 Å². The number of nitrogens with one attached hydrogen (secondary N) is 1. The van der Waals surface area contributed by atoms with E-state index < -0.39 is 28.5 Å². The second-order valence-electron chi connectivity index (χ2n) is 10.2. The van der Waals surface area contributed by atoms with Crippen LogP contribution in [0.2, 0.25) is 5.02 Å². The Balaban J connectivity index is 2.06. The van der Waals surface area contributed by atoms with Crippen LogP contribution in [0, 0.1) is 20.8 Å². The van der Waals surface area contributed by atoms with Crippen molar-refractivity contribution in [2.45, 2.75) is 71.5 Å². The quantitative estimate of drug-likeness (QED) is 0.309. The molecule has 9 heteroatoms. The van der Waals surface area contributed by atoms with Gasteiger partial charge in [-0.25, -0.2) is 8.42 Å². The lowest BCUT2D eigenvalue weighted by Crippen LogP contribution is -2.52. The second kappa shape index (κ2) is 13.3. The molecule has 0 aliphatic rings. The van der Waals surface area contributed by atoms with E-state index in [4.69, 9.17) is 11.6 Å². The highest BCUT2D eigenvalue weighted by molar-refractivity contribution is 7.92. The Morgan fingerprint density at radius 2 is 1.55 bits per heavy atom. The predicted octanol–water partition coefficient (Wildman–Crippen LogP) is 5.79. The molecule has 40 heavy (non-hydrogen) atoms. The summed E-state index contributed by atoms with van der Waals surface area (Å²) < 4.78 is 29.0. The van der Waals surface area contributed by atoms with E-state index in [2.05, 4.69) is 5.32 Å². The van der Waals surface area contributed by atoms with E-state index in [0.29, 0.717) is 10.7 Å². The van der Waals surface area contributed by atoms with Crippen molar-refractivity contribution in [1.82, 2.24) is 10.2 Å². The summed E-state index contributed by atoms with van der Waals surface area (Å²) in [5.74, 6) is -0.791. The third-order valence-electron chi connectivity index (χ3n) is 7.23. The Morgan fingerprint density at radius 1 is 0.900 bits per heavy atom. The lowest BCUT2D eigenvalue weighted by Gasteiger charge is -2.33. The van der Waals surface area contributed by atoms with E-state index in [1.807, 2.05) is 65.0 Å². The standard InChI is InChI=1S/C31H38ClN3O4S/c1-7-24(5)33-31(37)25(6)34(19-26-11-9-8-10-22(26)3)30(36)20-35(28-15-12-21(2)23(4)18-28)40(38,39)29-16-13-27(32)14-17-29/h8-18,24-25H,7,19-20H2,1-6H3,(H,33,37)/t24-,25+/m0/s1. The lowest BCUT2D eigenvalue weighted by molar-refractivity contribution is -0.139. The minimum absolute atomic E-state index is 0.0101. The molecule has 0 spiro atoms. The molecular formula is C31H38ClN3O4S. The van der Waals surface area contributed by atoms with Crippen molar-refractivity contribution in [2.24, 2.45) is 0 Å². The average Bonchev–Trinajstić information content (AvgIpc) is 2.92. The van der Waals surface area contributed by atoms with Crippen LogP contribution >= 0.6 is 11.6 Å². The van der Waals surface area contributed by atoms with Gasteiger partial charge in [0.05, 0.1) is 10.6 Å². The SMILES string of the molecule is CC[C@H](C)NC(=O)[C@@H](C)N(Cc1ccccc1C)C(=O)CN(c1ccc(C)c(C)c1)S(=O)(=O)c1ccc(Cl)cc1. The van der Waals surface area contributed by atoms with Crippen LogP contribution in [0.4, 0.5) is 5.69 Å². The minimum atomic E-state index is -4.15. The maximum atomic E-state index is 14.0. The first kappa shape index (κ1) is 31.2. The Morgan fingerprint density at radius 3 is 2.15 bits per heavy atom. The predicted molar refractivity (Wildman–Crippen MR) is 161 cm³/mol. The number of amides is 2. The van der Waals surface area contributed by atoms with Crippen molar-refractivity contribution in [3.05, 3.63) is 94.0 Å². The number of hydrogen-bond donors (Lipinski definition) is 1. The monoisotopic (exact) mass is 583 g/mol. The van der Waals surface area contributed by atoms with Crippen molar-refractivity contribution in [2.75, 3.05) is 10.8 Å². The zero-order valence-corrected chi connectivity index (χ0v) is 25.5. The van der Waals surface area contributed by atoms with Crippen LogP contribution in [-0.2, 0) is 26.2 Å². The summed E-state index contributed by atoms with van der Waals surface area (Å²) in [6, 6.07) is 17.8. The van der Waals surface area contributed by atoms with Crippen LogP contribution in [0.3, 0.4) is 0 Å². The molecule has 2 atom stereocenters. The van der Waals surface area contributed by atoms with Gasteiger partial charge in [0, 0.05) is 17.6 Å². The van der Waals surface area contributed by atoms with Gasteiger partial charge >= 0.3 is 0 Å². The Kier molecular flexibility index (Phi) is 10.4.